The normalized spacial score (nSPS) is 10.8. The second kappa shape index (κ2) is 6.18. The third kappa shape index (κ3) is 3.12. The van der Waals surface area contributed by atoms with E-state index < -0.39 is 0 Å². The first kappa shape index (κ1) is 14.6. The van der Waals surface area contributed by atoms with Gasteiger partial charge in [0.15, 0.2) is 0 Å². The van der Waals surface area contributed by atoms with Gasteiger partial charge in [0, 0.05) is 4.47 Å². The van der Waals surface area contributed by atoms with Crippen LogP contribution < -0.4 is 4.74 Å². The number of ether oxygens (including phenoxy) is 1. The predicted molar refractivity (Wildman–Crippen MR) is 88.3 cm³/mol. The molecule has 6 heteroatoms. The van der Waals surface area contributed by atoms with Crippen LogP contribution in [-0.2, 0) is 5.88 Å². The Balaban J connectivity index is 1.98. The maximum Gasteiger partial charge on any atom is 0.228 e. The van der Waals surface area contributed by atoms with Gasteiger partial charge in [0.2, 0.25) is 5.88 Å². The molecule has 21 heavy (non-hydrogen) atoms. The Morgan fingerprint density at radius 2 is 1.81 bits per heavy atom. The van der Waals surface area contributed by atoms with Crippen molar-refractivity contribution in [3.8, 4) is 11.6 Å². The molecule has 1 aromatic heterocycles. The highest BCUT2D eigenvalue weighted by Crippen LogP contribution is 2.30. The van der Waals surface area contributed by atoms with Crippen LogP contribution in [0.25, 0.3) is 10.8 Å². The van der Waals surface area contributed by atoms with Crippen LogP contribution in [0.2, 0.25) is 5.15 Å². The number of fused-ring (bicyclic) bond motifs is 1. The third-order valence-electron chi connectivity index (χ3n) is 2.98. The standard InChI is InChI=1S/C15H9BrCl2N2O/c16-11-3-1-10-6-12(4-2-9(10)5-11)21-15-13(7-17)14(18)19-8-20-15/h1-6,8H,7H2. The number of hydrogen-bond donors (Lipinski definition) is 0. The van der Waals surface area contributed by atoms with Crippen molar-refractivity contribution in [2.45, 2.75) is 5.88 Å². The molecule has 0 fully saturated rings. The van der Waals surface area contributed by atoms with Crippen molar-refractivity contribution < 1.29 is 4.74 Å². The van der Waals surface area contributed by atoms with Crippen LogP contribution in [0.5, 0.6) is 11.6 Å². The minimum absolute atomic E-state index is 0.190. The molecule has 0 aliphatic carbocycles. The number of hydrogen-bond acceptors (Lipinski definition) is 3. The first-order chi connectivity index (χ1) is 10.2. The monoisotopic (exact) mass is 382 g/mol. The third-order valence-corrected chi connectivity index (χ3v) is 4.06. The summed E-state index contributed by atoms with van der Waals surface area (Å²) < 4.78 is 6.83. The first-order valence-corrected chi connectivity index (χ1v) is 7.80. The number of halogens is 3. The van der Waals surface area contributed by atoms with Gasteiger partial charge in [-0.25, -0.2) is 9.97 Å². The minimum Gasteiger partial charge on any atom is -0.439 e. The fraction of sp³-hybridized carbons (Fsp3) is 0.0667. The molecule has 0 amide bonds. The summed E-state index contributed by atoms with van der Waals surface area (Å²) in [6.45, 7) is 0. The number of rotatable bonds is 3. The molecule has 2 aromatic carbocycles. The SMILES string of the molecule is ClCc1c(Cl)ncnc1Oc1ccc2cc(Br)ccc2c1. The highest BCUT2D eigenvalue weighted by Gasteiger charge is 2.11. The summed E-state index contributed by atoms with van der Waals surface area (Å²) in [5.74, 6) is 1.24. The van der Waals surface area contributed by atoms with E-state index in [2.05, 4.69) is 25.9 Å². The van der Waals surface area contributed by atoms with Crippen molar-refractivity contribution in [1.82, 2.24) is 9.97 Å². The van der Waals surface area contributed by atoms with Gasteiger partial charge >= 0.3 is 0 Å². The quantitative estimate of drug-likeness (QED) is 0.437. The molecule has 3 aromatic rings. The fourth-order valence-corrected chi connectivity index (χ4v) is 2.83. The molecular formula is C15H9BrCl2N2O. The van der Waals surface area contributed by atoms with Crippen molar-refractivity contribution in [3.63, 3.8) is 0 Å². The van der Waals surface area contributed by atoms with Crippen molar-refractivity contribution in [2.24, 2.45) is 0 Å². The van der Waals surface area contributed by atoms with E-state index in [1.54, 1.807) is 0 Å². The summed E-state index contributed by atoms with van der Waals surface area (Å²) >= 11 is 15.3. The van der Waals surface area contributed by atoms with Gasteiger partial charge in [0.1, 0.15) is 17.2 Å². The van der Waals surface area contributed by atoms with E-state index in [1.165, 1.54) is 6.33 Å². The van der Waals surface area contributed by atoms with Crippen LogP contribution in [0.3, 0.4) is 0 Å². The molecule has 0 N–H and O–H groups in total. The van der Waals surface area contributed by atoms with E-state index >= 15 is 0 Å². The number of benzene rings is 2. The van der Waals surface area contributed by atoms with Gasteiger partial charge in [-0.15, -0.1) is 11.6 Å². The lowest BCUT2D eigenvalue weighted by molar-refractivity contribution is 0.457. The summed E-state index contributed by atoms with van der Waals surface area (Å²) in [6, 6.07) is 11.8. The Morgan fingerprint density at radius 1 is 1.05 bits per heavy atom. The predicted octanol–water partition coefficient (Wildman–Crippen LogP) is 5.58. The Hall–Kier alpha value is -1.36. The second-order valence-electron chi connectivity index (χ2n) is 4.34. The summed E-state index contributed by atoms with van der Waals surface area (Å²) in [4.78, 5) is 7.99. The maximum atomic E-state index is 5.99. The van der Waals surface area contributed by atoms with Crippen LogP contribution in [0.1, 0.15) is 5.56 Å². The van der Waals surface area contributed by atoms with Crippen LogP contribution in [0.15, 0.2) is 47.2 Å². The fourth-order valence-electron chi connectivity index (χ4n) is 1.95. The topological polar surface area (TPSA) is 35.0 Å². The zero-order valence-electron chi connectivity index (χ0n) is 10.7. The van der Waals surface area contributed by atoms with Gasteiger partial charge in [-0.05, 0) is 35.0 Å². The molecule has 0 saturated heterocycles. The summed E-state index contributed by atoms with van der Waals surface area (Å²) in [6.07, 6.45) is 1.35. The minimum atomic E-state index is 0.190. The Kier molecular flexibility index (Phi) is 4.29. The molecule has 106 valence electrons. The van der Waals surface area contributed by atoms with Crippen LogP contribution >= 0.6 is 39.1 Å². The van der Waals surface area contributed by atoms with Crippen LogP contribution in [0, 0.1) is 0 Å². The summed E-state index contributed by atoms with van der Waals surface area (Å²) in [5, 5.41) is 2.50. The van der Waals surface area contributed by atoms with E-state index in [1.807, 2.05) is 36.4 Å². The molecule has 0 saturated carbocycles. The lowest BCUT2D eigenvalue weighted by atomic mass is 10.1. The van der Waals surface area contributed by atoms with Gasteiger partial charge in [0.25, 0.3) is 0 Å². The molecule has 0 aliphatic rings. The van der Waals surface area contributed by atoms with E-state index in [9.17, 15) is 0 Å². The van der Waals surface area contributed by atoms with Crippen molar-refractivity contribution in [2.75, 3.05) is 0 Å². The van der Waals surface area contributed by atoms with Crippen molar-refractivity contribution in [3.05, 3.63) is 57.9 Å². The highest BCUT2D eigenvalue weighted by molar-refractivity contribution is 9.10. The zero-order valence-corrected chi connectivity index (χ0v) is 13.8. The van der Waals surface area contributed by atoms with E-state index in [0.717, 1.165) is 15.2 Å². The van der Waals surface area contributed by atoms with Gasteiger partial charge in [-0.2, -0.15) is 0 Å². The van der Waals surface area contributed by atoms with Crippen LogP contribution in [0.4, 0.5) is 0 Å². The first-order valence-electron chi connectivity index (χ1n) is 6.10. The molecule has 0 bridgehead atoms. The van der Waals surface area contributed by atoms with Gasteiger partial charge in [-0.1, -0.05) is 39.7 Å². The number of alkyl halides is 1. The lowest BCUT2D eigenvalue weighted by Gasteiger charge is -2.09. The lowest BCUT2D eigenvalue weighted by Crippen LogP contribution is -1.96. The molecule has 3 rings (SSSR count). The molecule has 3 nitrogen and oxygen atoms in total. The summed E-state index contributed by atoms with van der Waals surface area (Å²) in [7, 11) is 0. The van der Waals surface area contributed by atoms with E-state index in [4.69, 9.17) is 27.9 Å². The average molecular weight is 384 g/mol. The molecule has 1 heterocycles. The zero-order chi connectivity index (χ0) is 14.8. The van der Waals surface area contributed by atoms with Gasteiger partial charge in [0.05, 0.1) is 11.4 Å². The Bertz CT molecular complexity index is 811. The molecule has 0 unspecified atom stereocenters. The molecule has 0 radical (unpaired) electrons. The van der Waals surface area contributed by atoms with E-state index in [-0.39, 0.29) is 5.88 Å². The van der Waals surface area contributed by atoms with Crippen molar-refractivity contribution >= 4 is 49.9 Å². The maximum absolute atomic E-state index is 5.99. The van der Waals surface area contributed by atoms with E-state index in [0.29, 0.717) is 22.3 Å². The molecule has 0 atom stereocenters. The highest BCUT2D eigenvalue weighted by atomic mass is 79.9. The van der Waals surface area contributed by atoms with Crippen LogP contribution in [-0.4, -0.2) is 9.97 Å². The smallest absolute Gasteiger partial charge is 0.228 e. The number of aromatic nitrogens is 2. The average Bonchev–Trinajstić information content (AvgIpc) is 2.48. The molecular weight excluding hydrogens is 375 g/mol. The number of nitrogens with zero attached hydrogens (tertiary/aromatic N) is 2. The Morgan fingerprint density at radius 3 is 2.62 bits per heavy atom. The largest absolute Gasteiger partial charge is 0.439 e. The molecule has 0 aliphatic heterocycles. The van der Waals surface area contributed by atoms with Gasteiger partial charge in [-0.3, -0.25) is 0 Å². The van der Waals surface area contributed by atoms with Gasteiger partial charge < -0.3 is 4.74 Å². The summed E-state index contributed by atoms with van der Waals surface area (Å²) in [5.41, 5.74) is 0.580. The van der Waals surface area contributed by atoms with Crippen molar-refractivity contribution in [1.29, 1.82) is 0 Å². The molecule has 0 spiro atoms. The second-order valence-corrected chi connectivity index (χ2v) is 5.88. The Labute approximate surface area is 140 Å².